The molecule has 18 heavy (non-hydrogen) atoms. The van der Waals surface area contributed by atoms with Gasteiger partial charge in [-0.25, -0.2) is 4.98 Å². The number of nitrogens with zero attached hydrogens (tertiary/aromatic N) is 2. The molecule has 0 saturated heterocycles. The van der Waals surface area contributed by atoms with Gasteiger partial charge in [-0.1, -0.05) is 42.4 Å². The second kappa shape index (κ2) is 6.67. The predicted molar refractivity (Wildman–Crippen MR) is 90.4 cm³/mol. The third-order valence-corrected chi connectivity index (χ3v) is 12.7. The molecule has 0 amide bonds. The van der Waals surface area contributed by atoms with Gasteiger partial charge in [-0.15, -0.1) is 8.93 Å². The third-order valence-electron chi connectivity index (χ3n) is 2.95. The van der Waals surface area contributed by atoms with Crippen molar-refractivity contribution in [2.24, 2.45) is 0 Å². The number of unbranched alkanes of at least 4 members (excludes halogenated alkanes) is 1. The molecule has 3 nitrogen and oxygen atoms in total. The summed E-state index contributed by atoms with van der Waals surface area (Å²) in [7, 11) is 5.96. The van der Waals surface area contributed by atoms with Gasteiger partial charge < -0.3 is 0 Å². The minimum atomic E-state index is -0.402. The summed E-state index contributed by atoms with van der Waals surface area (Å²) < 4.78 is 1.90. The van der Waals surface area contributed by atoms with Crippen LogP contribution in [0, 0.1) is 0 Å². The minimum absolute atomic E-state index is 0.149. The molecule has 0 spiro atoms. The zero-order valence-corrected chi connectivity index (χ0v) is 14.6. The number of allylic oxidation sites excluding steroid dienone is 1. The van der Waals surface area contributed by atoms with Gasteiger partial charge in [0.15, 0.2) is 0 Å². The standard InChI is InChI=1S/C11H18N2OP4/c1-2-3-7-13-10(14)8-5-4-6-9(8)12-11(13)18(16)17-15/h4-5,17H,2-3,6-7,15-16H2,1H3. The fraction of sp³-hybridized carbons (Fsp3) is 0.455. The van der Waals surface area contributed by atoms with Gasteiger partial charge in [0.2, 0.25) is 0 Å². The largest absolute Gasteiger partial charge is 0.292 e. The van der Waals surface area contributed by atoms with Gasteiger partial charge in [0.1, 0.15) is 5.57 Å². The molecule has 1 aromatic heterocycles. The predicted octanol–water partition coefficient (Wildman–Crippen LogP) is 2.89. The van der Waals surface area contributed by atoms with Gasteiger partial charge in [-0.05, 0) is 6.42 Å². The Labute approximate surface area is 115 Å². The molecule has 7 heteroatoms. The fourth-order valence-corrected chi connectivity index (χ4v) is 5.26. The molecule has 0 bridgehead atoms. The summed E-state index contributed by atoms with van der Waals surface area (Å²) in [6, 6.07) is 0. The van der Waals surface area contributed by atoms with Crippen LogP contribution in [0.5, 0.6) is 0 Å². The maximum atomic E-state index is 12.5. The number of fused-ring (bicyclic) bond motifs is 1. The van der Waals surface area contributed by atoms with E-state index in [1.165, 1.54) is 0 Å². The van der Waals surface area contributed by atoms with Crippen LogP contribution >= 0.6 is 33.1 Å². The van der Waals surface area contributed by atoms with Crippen molar-refractivity contribution in [3.63, 3.8) is 0 Å². The summed E-state index contributed by atoms with van der Waals surface area (Å²) in [5.41, 5.74) is 2.90. The molecule has 0 aromatic carbocycles. The average molecular weight is 318 g/mol. The van der Waals surface area contributed by atoms with E-state index in [2.05, 4.69) is 24.8 Å². The summed E-state index contributed by atoms with van der Waals surface area (Å²) in [5, 5.41) is 0. The van der Waals surface area contributed by atoms with Crippen molar-refractivity contribution in [3.8, 4) is 0 Å². The van der Waals surface area contributed by atoms with Crippen LogP contribution in [0.2, 0.25) is 0 Å². The lowest BCUT2D eigenvalue weighted by Gasteiger charge is -2.17. The first-order valence-electron chi connectivity index (χ1n) is 6.00. The average Bonchev–Trinajstić information content (AvgIpc) is 2.85. The molecule has 1 aliphatic carbocycles. The van der Waals surface area contributed by atoms with Crippen LogP contribution < -0.4 is 11.1 Å². The van der Waals surface area contributed by atoms with Gasteiger partial charge in [0, 0.05) is 20.3 Å². The Hall–Kier alpha value is 0.340. The normalized spacial score (nSPS) is 15.5. The molecular formula is C11H18N2OP4. The van der Waals surface area contributed by atoms with E-state index in [0.717, 1.165) is 50.6 Å². The number of hydrogen-bond acceptors (Lipinski definition) is 2. The van der Waals surface area contributed by atoms with Crippen LogP contribution in [0.1, 0.15) is 31.0 Å². The van der Waals surface area contributed by atoms with Crippen molar-refractivity contribution in [2.75, 3.05) is 0 Å². The van der Waals surface area contributed by atoms with Gasteiger partial charge in [0.05, 0.1) is 11.3 Å². The quantitative estimate of drug-likeness (QED) is 0.783. The Kier molecular flexibility index (Phi) is 5.47. The van der Waals surface area contributed by atoms with Gasteiger partial charge in [-0.3, -0.25) is 9.36 Å². The van der Waals surface area contributed by atoms with E-state index in [0.29, 0.717) is 0 Å². The molecule has 1 aliphatic rings. The summed E-state index contributed by atoms with van der Waals surface area (Å²) in [4.78, 5) is 17.2. The second-order valence-electron chi connectivity index (χ2n) is 4.19. The number of aromatic nitrogens is 2. The fourth-order valence-electron chi connectivity index (χ4n) is 1.97. The number of rotatable bonds is 5. The molecule has 2 rings (SSSR count). The Balaban J connectivity index is 2.51. The molecule has 4 atom stereocenters. The lowest BCUT2D eigenvalue weighted by molar-refractivity contribution is 0.617. The van der Waals surface area contributed by atoms with E-state index in [1.54, 1.807) is 0 Å². The van der Waals surface area contributed by atoms with E-state index in [9.17, 15) is 4.79 Å². The topological polar surface area (TPSA) is 34.9 Å². The lowest BCUT2D eigenvalue weighted by atomic mass is 10.2. The lowest BCUT2D eigenvalue weighted by Crippen LogP contribution is -2.35. The zero-order valence-electron chi connectivity index (χ0n) is 10.4. The molecule has 98 valence electrons. The van der Waals surface area contributed by atoms with Crippen LogP contribution in [0.4, 0.5) is 0 Å². The molecule has 4 unspecified atom stereocenters. The molecule has 0 radical (unpaired) electrons. The third kappa shape index (κ3) is 2.91. The van der Waals surface area contributed by atoms with Crippen molar-refractivity contribution in [1.29, 1.82) is 0 Å². The molecule has 1 heterocycles. The van der Waals surface area contributed by atoms with Crippen molar-refractivity contribution in [1.82, 2.24) is 9.55 Å². The molecule has 0 saturated carbocycles. The van der Waals surface area contributed by atoms with E-state index < -0.39 is 7.30 Å². The molecule has 1 aromatic rings. The molecule has 0 aliphatic heterocycles. The summed E-state index contributed by atoms with van der Waals surface area (Å²) in [6.45, 7) is 2.94. The Morgan fingerprint density at radius 1 is 1.61 bits per heavy atom. The molecular weight excluding hydrogens is 300 g/mol. The van der Waals surface area contributed by atoms with Crippen LogP contribution in [0.25, 0.3) is 6.08 Å². The van der Waals surface area contributed by atoms with Crippen molar-refractivity contribution >= 4 is 44.8 Å². The first kappa shape index (κ1) is 14.7. The van der Waals surface area contributed by atoms with Crippen LogP contribution in [0.15, 0.2) is 10.9 Å². The van der Waals surface area contributed by atoms with E-state index in [-0.39, 0.29) is 5.56 Å². The Bertz CT molecular complexity index is 527. The highest BCUT2D eigenvalue weighted by atomic mass is 32.6. The van der Waals surface area contributed by atoms with E-state index in [1.807, 2.05) is 16.7 Å². The van der Waals surface area contributed by atoms with Crippen LogP contribution in [-0.4, -0.2) is 9.55 Å². The zero-order chi connectivity index (χ0) is 13.1. The van der Waals surface area contributed by atoms with Gasteiger partial charge >= 0.3 is 0 Å². The molecule has 0 N–H and O–H groups in total. The summed E-state index contributed by atoms with van der Waals surface area (Å²) in [5.74, 6) is 0. The molecule has 0 fully saturated rings. The van der Waals surface area contributed by atoms with Crippen molar-refractivity contribution < 1.29 is 0 Å². The number of hydrogen-bond donors (Lipinski definition) is 0. The highest BCUT2D eigenvalue weighted by molar-refractivity contribution is 8.63. The second-order valence-corrected chi connectivity index (χ2v) is 13.2. The maximum Gasteiger partial charge on any atom is 0.261 e. The minimum Gasteiger partial charge on any atom is -0.292 e. The highest BCUT2D eigenvalue weighted by Crippen LogP contribution is 2.64. The van der Waals surface area contributed by atoms with Crippen LogP contribution in [-0.2, 0) is 13.0 Å². The first-order valence-corrected chi connectivity index (χ1v) is 12.6. The van der Waals surface area contributed by atoms with E-state index in [4.69, 9.17) is 4.98 Å². The SMILES string of the molecule is CCCCn1c(P(P)PP)nc2c(c1=O)C=CC2. The van der Waals surface area contributed by atoms with Crippen LogP contribution in [0.3, 0.4) is 0 Å². The smallest absolute Gasteiger partial charge is 0.261 e. The maximum absolute atomic E-state index is 12.5. The van der Waals surface area contributed by atoms with Crippen molar-refractivity contribution in [2.45, 2.75) is 32.7 Å². The monoisotopic (exact) mass is 318 g/mol. The van der Waals surface area contributed by atoms with Gasteiger partial charge in [0.25, 0.3) is 5.56 Å². The van der Waals surface area contributed by atoms with E-state index >= 15 is 0 Å². The van der Waals surface area contributed by atoms with Crippen molar-refractivity contribution in [3.05, 3.63) is 27.7 Å². The van der Waals surface area contributed by atoms with Gasteiger partial charge in [-0.2, -0.15) is 0 Å². The summed E-state index contributed by atoms with van der Waals surface area (Å²) in [6.07, 6.45) is 6.88. The first-order chi connectivity index (χ1) is 8.69. The summed E-state index contributed by atoms with van der Waals surface area (Å²) >= 11 is 0. The Morgan fingerprint density at radius 3 is 3.06 bits per heavy atom. The highest BCUT2D eigenvalue weighted by Gasteiger charge is 2.19. The Morgan fingerprint density at radius 2 is 2.39 bits per heavy atom.